The summed E-state index contributed by atoms with van der Waals surface area (Å²) in [5.41, 5.74) is 1.94. The Morgan fingerprint density at radius 1 is 1.05 bits per heavy atom. The van der Waals surface area contributed by atoms with Crippen molar-refractivity contribution in [3.8, 4) is 23.3 Å². The lowest BCUT2D eigenvalue weighted by Crippen LogP contribution is -1.95. The monoisotopic (exact) mass is 268 g/mol. The van der Waals surface area contributed by atoms with Gasteiger partial charge in [-0.25, -0.2) is 0 Å². The molecular weight excluding hydrogens is 252 g/mol. The van der Waals surface area contributed by atoms with E-state index in [1.54, 1.807) is 7.11 Å². The number of ether oxygens (including phenoxy) is 2. The highest BCUT2D eigenvalue weighted by molar-refractivity contribution is 5.36. The number of rotatable bonds is 4. The molecule has 0 radical (unpaired) electrons. The first kappa shape index (κ1) is 14.0. The first-order valence-electron chi connectivity index (χ1n) is 6.27. The summed E-state index contributed by atoms with van der Waals surface area (Å²) in [5.74, 6) is 7.01. The Balaban J connectivity index is 1.96. The van der Waals surface area contributed by atoms with E-state index < -0.39 is 0 Å². The highest BCUT2D eigenvalue weighted by Gasteiger charge is 1.98. The maximum absolute atomic E-state index is 8.63. The molecule has 0 fully saturated rings. The normalized spacial score (nSPS) is 9.50. The number of aliphatic hydroxyl groups excluding tert-OH is 1. The van der Waals surface area contributed by atoms with Crippen LogP contribution in [0.25, 0.3) is 0 Å². The molecule has 3 nitrogen and oxygen atoms in total. The second kappa shape index (κ2) is 7.22. The van der Waals surface area contributed by atoms with Gasteiger partial charge in [0.15, 0.2) is 0 Å². The van der Waals surface area contributed by atoms with Gasteiger partial charge in [-0.1, -0.05) is 30.0 Å². The summed E-state index contributed by atoms with van der Waals surface area (Å²) in [6.45, 7) is 0.363. The quantitative estimate of drug-likeness (QED) is 0.866. The maximum Gasteiger partial charge on any atom is 0.123 e. The van der Waals surface area contributed by atoms with Gasteiger partial charge in [-0.3, -0.25) is 0 Å². The second-order valence-corrected chi connectivity index (χ2v) is 4.12. The van der Waals surface area contributed by atoms with Gasteiger partial charge in [-0.2, -0.15) is 0 Å². The molecule has 2 aromatic carbocycles. The molecule has 0 unspecified atom stereocenters. The van der Waals surface area contributed by atoms with Crippen LogP contribution in [0.2, 0.25) is 0 Å². The molecule has 0 aliphatic heterocycles. The summed E-state index contributed by atoms with van der Waals surface area (Å²) in [4.78, 5) is 0. The third kappa shape index (κ3) is 4.04. The van der Waals surface area contributed by atoms with E-state index in [1.807, 2.05) is 48.5 Å². The Labute approximate surface area is 118 Å². The Bertz CT molecular complexity index is 606. The molecule has 102 valence electrons. The van der Waals surface area contributed by atoms with Crippen molar-refractivity contribution in [1.82, 2.24) is 0 Å². The number of methoxy groups -OCH3 is 1. The first-order chi connectivity index (χ1) is 9.81. The molecule has 2 rings (SSSR count). The van der Waals surface area contributed by atoms with Crippen LogP contribution in [0, 0.1) is 11.8 Å². The SMILES string of the molecule is COc1cccc(OCc2ccc(C#CCO)cc2)c1. The lowest BCUT2D eigenvalue weighted by molar-refractivity contribution is 0.303. The van der Waals surface area contributed by atoms with Gasteiger partial charge in [0.05, 0.1) is 7.11 Å². The number of hydrogen-bond acceptors (Lipinski definition) is 3. The number of aliphatic hydroxyl groups is 1. The minimum atomic E-state index is -0.124. The predicted octanol–water partition coefficient (Wildman–Crippen LogP) is 2.62. The second-order valence-electron chi connectivity index (χ2n) is 4.12. The molecular formula is C17H16O3. The van der Waals surface area contributed by atoms with Crippen molar-refractivity contribution >= 4 is 0 Å². The first-order valence-corrected chi connectivity index (χ1v) is 6.27. The molecule has 0 atom stereocenters. The van der Waals surface area contributed by atoms with Gasteiger partial charge in [-0.15, -0.1) is 0 Å². The molecule has 0 bridgehead atoms. The summed E-state index contributed by atoms with van der Waals surface area (Å²) < 4.78 is 10.8. The van der Waals surface area contributed by atoms with Crippen molar-refractivity contribution in [2.24, 2.45) is 0 Å². The van der Waals surface area contributed by atoms with Crippen LogP contribution in [0.5, 0.6) is 11.5 Å². The van der Waals surface area contributed by atoms with Crippen LogP contribution < -0.4 is 9.47 Å². The van der Waals surface area contributed by atoms with Crippen molar-refractivity contribution in [3.63, 3.8) is 0 Å². The van der Waals surface area contributed by atoms with E-state index in [9.17, 15) is 0 Å². The van der Waals surface area contributed by atoms with Crippen LogP contribution in [0.15, 0.2) is 48.5 Å². The molecule has 0 aliphatic carbocycles. The van der Waals surface area contributed by atoms with Gasteiger partial charge in [0.2, 0.25) is 0 Å². The molecule has 20 heavy (non-hydrogen) atoms. The van der Waals surface area contributed by atoms with Crippen LogP contribution in [0.3, 0.4) is 0 Å². The fraction of sp³-hybridized carbons (Fsp3) is 0.176. The molecule has 1 N–H and O–H groups in total. The standard InChI is InChI=1S/C17H16O3/c1-19-16-5-2-6-17(12-16)20-13-15-9-7-14(8-10-15)4-3-11-18/h2,5-10,12,18H,11,13H2,1H3. The van der Waals surface area contributed by atoms with E-state index in [1.165, 1.54) is 0 Å². The van der Waals surface area contributed by atoms with Gasteiger partial charge in [0.25, 0.3) is 0 Å². The molecule has 3 heteroatoms. The highest BCUT2D eigenvalue weighted by Crippen LogP contribution is 2.19. The smallest absolute Gasteiger partial charge is 0.123 e. The van der Waals surface area contributed by atoms with Crippen LogP contribution >= 0.6 is 0 Å². The van der Waals surface area contributed by atoms with E-state index in [0.717, 1.165) is 22.6 Å². The Morgan fingerprint density at radius 3 is 2.50 bits per heavy atom. The van der Waals surface area contributed by atoms with Crippen molar-refractivity contribution in [2.75, 3.05) is 13.7 Å². The zero-order valence-corrected chi connectivity index (χ0v) is 11.3. The van der Waals surface area contributed by atoms with Gasteiger partial charge in [0, 0.05) is 11.6 Å². The van der Waals surface area contributed by atoms with Crippen molar-refractivity contribution in [1.29, 1.82) is 0 Å². The zero-order chi connectivity index (χ0) is 14.2. The fourth-order valence-corrected chi connectivity index (χ4v) is 1.68. The fourth-order valence-electron chi connectivity index (χ4n) is 1.68. The highest BCUT2D eigenvalue weighted by atomic mass is 16.5. The Hall–Kier alpha value is -2.44. The average Bonchev–Trinajstić information content (AvgIpc) is 2.52. The molecule has 0 aliphatic rings. The molecule has 0 spiro atoms. The Morgan fingerprint density at radius 2 is 1.80 bits per heavy atom. The van der Waals surface area contributed by atoms with Gasteiger partial charge in [0.1, 0.15) is 24.7 Å². The lowest BCUT2D eigenvalue weighted by atomic mass is 10.1. The molecule has 0 heterocycles. The summed E-state index contributed by atoms with van der Waals surface area (Å²) in [6.07, 6.45) is 0. The van der Waals surface area contributed by atoms with E-state index >= 15 is 0 Å². The van der Waals surface area contributed by atoms with Gasteiger partial charge >= 0.3 is 0 Å². The van der Waals surface area contributed by atoms with Gasteiger partial charge < -0.3 is 14.6 Å². The lowest BCUT2D eigenvalue weighted by Gasteiger charge is -2.07. The largest absolute Gasteiger partial charge is 0.497 e. The van der Waals surface area contributed by atoms with E-state index in [0.29, 0.717) is 6.61 Å². The summed E-state index contributed by atoms with van der Waals surface area (Å²) in [5, 5.41) is 8.63. The molecule has 0 saturated carbocycles. The minimum Gasteiger partial charge on any atom is -0.497 e. The zero-order valence-electron chi connectivity index (χ0n) is 11.3. The van der Waals surface area contributed by atoms with Gasteiger partial charge in [-0.05, 0) is 29.8 Å². The average molecular weight is 268 g/mol. The molecule has 0 saturated heterocycles. The molecule has 0 aromatic heterocycles. The van der Waals surface area contributed by atoms with E-state index in [4.69, 9.17) is 14.6 Å². The molecule has 0 amide bonds. The van der Waals surface area contributed by atoms with E-state index in [2.05, 4.69) is 11.8 Å². The molecule has 2 aromatic rings. The van der Waals surface area contributed by atoms with Crippen LogP contribution in [0.4, 0.5) is 0 Å². The predicted molar refractivity (Wildman–Crippen MR) is 77.7 cm³/mol. The minimum absolute atomic E-state index is 0.124. The van der Waals surface area contributed by atoms with Crippen LogP contribution in [0.1, 0.15) is 11.1 Å². The van der Waals surface area contributed by atoms with Crippen molar-refractivity contribution in [2.45, 2.75) is 6.61 Å². The number of hydrogen-bond donors (Lipinski definition) is 1. The van der Waals surface area contributed by atoms with Crippen LogP contribution in [-0.4, -0.2) is 18.8 Å². The van der Waals surface area contributed by atoms with Crippen molar-refractivity contribution < 1.29 is 14.6 Å². The number of benzene rings is 2. The third-order valence-electron chi connectivity index (χ3n) is 2.71. The van der Waals surface area contributed by atoms with Crippen LogP contribution in [-0.2, 0) is 6.61 Å². The Kier molecular flexibility index (Phi) is 5.05. The van der Waals surface area contributed by atoms with Crippen molar-refractivity contribution in [3.05, 3.63) is 59.7 Å². The van der Waals surface area contributed by atoms with E-state index in [-0.39, 0.29) is 6.61 Å². The summed E-state index contributed by atoms with van der Waals surface area (Å²) >= 11 is 0. The maximum atomic E-state index is 8.63. The third-order valence-corrected chi connectivity index (χ3v) is 2.71. The summed E-state index contributed by atoms with van der Waals surface area (Å²) in [6, 6.07) is 15.2. The topological polar surface area (TPSA) is 38.7 Å². The summed E-state index contributed by atoms with van der Waals surface area (Å²) in [7, 11) is 1.63.